The lowest BCUT2D eigenvalue weighted by molar-refractivity contribution is -0.113. The topological polar surface area (TPSA) is 62.1 Å². The number of rotatable bonds is 4. The maximum absolute atomic E-state index is 12.4. The number of benzene rings is 2. The number of nitrogens with zero attached hydrogens (tertiary/aromatic N) is 2. The largest absolute Gasteiger partial charge is 0.497 e. The third-order valence-electron chi connectivity index (χ3n) is 4.16. The molecule has 0 saturated heterocycles. The quantitative estimate of drug-likeness (QED) is 0.505. The van der Waals surface area contributed by atoms with E-state index in [2.05, 4.69) is 10.9 Å². The zero-order valence-electron chi connectivity index (χ0n) is 15.0. The first-order chi connectivity index (χ1) is 13.7. The Kier molecular flexibility index (Phi) is 4.87. The Labute approximate surface area is 165 Å². The fraction of sp³-hybridized carbons (Fsp3) is 0.143. The lowest BCUT2D eigenvalue weighted by Gasteiger charge is -2.01. The van der Waals surface area contributed by atoms with Crippen LogP contribution in [0.5, 0.6) is 17.2 Å². The molecule has 140 valence electrons. The van der Waals surface area contributed by atoms with Crippen LogP contribution in [0.25, 0.3) is 16.3 Å². The minimum Gasteiger partial charge on any atom is -0.497 e. The van der Waals surface area contributed by atoms with Crippen molar-refractivity contribution in [3.05, 3.63) is 52.8 Å². The molecule has 7 heteroatoms. The van der Waals surface area contributed by atoms with Gasteiger partial charge in [0, 0.05) is 6.08 Å². The maximum Gasteiger partial charge on any atom is 0.272 e. The molecule has 0 fully saturated rings. The Morgan fingerprint density at radius 2 is 2.18 bits per heavy atom. The highest BCUT2D eigenvalue weighted by molar-refractivity contribution is 7.16. The van der Waals surface area contributed by atoms with Crippen LogP contribution in [0.4, 0.5) is 0 Å². The number of carbonyl (C=O) groups is 1. The van der Waals surface area contributed by atoms with Gasteiger partial charge in [0.15, 0.2) is 16.3 Å². The van der Waals surface area contributed by atoms with Gasteiger partial charge in [-0.05, 0) is 42.0 Å². The molecule has 0 saturated carbocycles. The number of amides is 1. The van der Waals surface area contributed by atoms with Gasteiger partial charge in [0.2, 0.25) is 6.79 Å². The molecular weight excluding hydrogens is 376 g/mol. The molecule has 0 atom stereocenters. The number of methoxy groups -OCH3 is 1. The molecule has 0 aliphatic carbocycles. The van der Waals surface area contributed by atoms with Gasteiger partial charge in [-0.15, -0.1) is 6.42 Å². The van der Waals surface area contributed by atoms with E-state index in [1.165, 1.54) is 17.4 Å². The van der Waals surface area contributed by atoms with E-state index in [-0.39, 0.29) is 12.7 Å². The van der Waals surface area contributed by atoms with Crippen LogP contribution in [0, 0.1) is 12.3 Å². The first kappa shape index (κ1) is 17.9. The molecule has 0 bridgehead atoms. The molecule has 28 heavy (non-hydrogen) atoms. The van der Waals surface area contributed by atoms with Gasteiger partial charge in [-0.25, -0.2) is 0 Å². The van der Waals surface area contributed by atoms with Crippen LogP contribution >= 0.6 is 11.3 Å². The van der Waals surface area contributed by atoms with Crippen molar-refractivity contribution in [2.45, 2.75) is 6.54 Å². The fourth-order valence-electron chi connectivity index (χ4n) is 2.83. The predicted octanol–water partition coefficient (Wildman–Crippen LogP) is 3.21. The van der Waals surface area contributed by atoms with E-state index in [0.717, 1.165) is 21.5 Å². The monoisotopic (exact) mass is 392 g/mol. The van der Waals surface area contributed by atoms with Crippen molar-refractivity contribution >= 4 is 33.5 Å². The number of ether oxygens (including phenoxy) is 3. The Bertz CT molecular complexity index is 1200. The van der Waals surface area contributed by atoms with E-state index >= 15 is 0 Å². The number of aromatic nitrogens is 1. The molecule has 4 rings (SSSR count). The normalized spacial score (nSPS) is 13.2. The van der Waals surface area contributed by atoms with Crippen molar-refractivity contribution in [1.82, 2.24) is 4.57 Å². The van der Waals surface area contributed by atoms with Crippen LogP contribution in [-0.4, -0.2) is 24.4 Å². The smallest absolute Gasteiger partial charge is 0.272 e. The minimum absolute atomic E-state index is 0.211. The fourth-order valence-corrected chi connectivity index (χ4v) is 3.89. The molecule has 1 aliphatic heterocycles. The lowest BCUT2D eigenvalue weighted by Crippen LogP contribution is -2.15. The third kappa shape index (κ3) is 3.50. The Hall–Kier alpha value is -3.50. The molecule has 6 nitrogen and oxygen atoms in total. The van der Waals surface area contributed by atoms with E-state index in [0.29, 0.717) is 22.8 Å². The summed E-state index contributed by atoms with van der Waals surface area (Å²) >= 11 is 1.39. The standard InChI is InChI=1S/C21H16N2O4S/c1-3-10-23-16-7-6-15(25-2)12-19(16)28-21(23)22-20(24)9-5-14-4-8-17-18(11-14)27-13-26-17/h1,4-9,11-12H,10,13H2,2H3/b9-5-,22-21?. The summed E-state index contributed by atoms with van der Waals surface area (Å²) in [6, 6.07) is 11.1. The van der Waals surface area contributed by atoms with Gasteiger partial charge in [-0.3, -0.25) is 4.79 Å². The van der Waals surface area contributed by atoms with Crippen molar-refractivity contribution in [2.75, 3.05) is 13.9 Å². The predicted molar refractivity (Wildman–Crippen MR) is 107 cm³/mol. The van der Waals surface area contributed by atoms with E-state index < -0.39 is 0 Å². The second-order valence-electron chi connectivity index (χ2n) is 5.90. The van der Waals surface area contributed by atoms with E-state index in [4.69, 9.17) is 20.6 Å². The zero-order valence-corrected chi connectivity index (χ0v) is 15.9. The molecule has 0 radical (unpaired) electrons. The third-order valence-corrected chi connectivity index (χ3v) is 5.20. The van der Waals surface area contributed by atoms with Crippen LogP contribution < -0.4 is 19.0 Å². The van der Waals surface area contributed by atoms with Crippen LogP contribution in [0.3, 0.4) is 0 Å². The molecule has 1 amide bonds. The molecule has 1 aliphatic rings. The number of carbonyl (C=O) groups excluding carboxylic acids is 1. The molecule has 2 aromatic carbocycles. The summed E-state index contributed by atoms with van der Waals surface area (Å²) in [6.45, 7) is 0.535. The number of hydrogen-bond donors (Lipinski definition) is 0. The number of fused-ring (bicyclic) bond motifs is 2. The molecule has 1 aromatic heterocycles. The highest BCUT2D eigenvalue weighted by atomic mass is 32.1. The van der Waals surface area contributed by atoms with Gasteiger partial charge in [-0.2, -0.15) is 4.99 Å². The number of thiazole rings is 1. The summed E-state index contributed by atoms with van der Waals surface area (Å²) in [5.74, 6) is 4.34. The SMILES string of the molecule is C#CCn1c(=NC(=O)/C=C\c2ccc3c(c2)OCO3)sc2cc(OC)ccc21. The second kappa shape index (κ2) is 7.62. The van der Waals surface area contributed by atoms with Crippen molar-refractivity contribution in [2.24, 2.45) is 4.99 Å². The van der Waals surface area contributed by atoms with Gasteiger partial charge in [0.1, 0.15) is 5.75 Å². The second-order valence-corrected chi connectivity index (χ2v) is 6.91. The summed E-state index contributed by atoms with van der Waals surface area (Å²) < 4.78 is 18.7. The van der Waals surface area contributed by atoms with Crippen molar-refractivity contribution in [3.63, 3.8) is 0 Å². The summed E-state index contributed by atoms with van der Waals surface area (Å²) in [4.78, 5) is 17.1. The Morgan fingerprint density at radius 1 is 1.32 bits per heavy atom. The van der Waals surface area contributed by atoms with Crippen LogP contribution in [-0.2, 0) is 11.3 Å². The zero-order chi connectivity index (χ0) is 19.5. The molecule has 0 N–H and O–H groups in total. The summed E-state index contributed by atoms with van der Waals surface area (Å²) in [5, 5.41) is 0. The minimum atomic E-state index is -0.373. The van der Waals surface area contributed by atoms with Gasteiger partial charge < -0.3 is 18.8 Å². The average Bonchev–Trinajstić information content (AvgIpc) is 3.30. The number of terminal acetylenes is 1. The molecular formula is C21H16N2O4S. The first-order valence-corrected chi connectivity index (χ1v) is 9.27. The highest BCUT2D eigenvalue weighted by Gasteiger charge is 2.12. The van der Waals surface area contributed by atoms with Gasteiger partial charge >= 0.3 is 0 Å². The average molecular weight is 392 g/mol. The van der Waals surface area contributed by atoms with Gasteiger partial charge in [0.05, 0.1) is 23.9 Å². The van der Waals surface area contributed by atoms with Crippen LogP contribution in [0.1, 0.15) is 5.56 Å². The Morgan fingerprint density at radius 3 is 3.00 bits per heavy atom. The molecule has 3 aromatic rings. The summed E-state index contributed by atoms with van der Waals surface area (Å²) in [5.41, 5.74) is 1.74. The molecule has 2 heterocycles. The lowest BCUT2D eigenvalue weighted by atomic mass is 10.2. The number of hydrogen-bond acceptors (Lipinski definition) is 5. The van der Waals surface area contributed by atoms with E-state index in [1.807, 2.05) is 41.0 Å². The Balaban J connectivity index is 1.65. The van der Waals surface area contributed by atoms with E-state index in [1.54, 1.807) is 13.2 Å². The first-order valence-electron chi connectivity index (χ1n) is 8.45. The summed E-state index contributed by atoms with van der Waals surface area (Å²) in [6.07, 6.45) is 8.60. The van der Waals surface area contributed by atoms with Crippen molar-refractivity contribution in [3.8, 4) is 29.6 Å². The van der Waals surface area contributed by atoms with Crippen LogP contribution in [0.15, 0.2) is 47.5 Å². The summed E-state index contributed by atoms with van der Waals surface area (Å²) in [7, 11) is 1.61. The molecule has 0 unspecified atom stereocenters. The molecule has 0 spiro atoms. The maximum atomic E-state index is 12.4. The van der Waals surface area contributed by atoms with Crippen LogP contribution in [0.2, 0.25) is 0 Å². The van der Waals surface area contributed by atoms with Crippen molar-refractivity contribution in [1.29, 1.82) is 0 Å². The van der Waals surface area contributed by atoms with Gasteiger partial charge in [-0.1, -0.05) is 23.3 Å². The highest BCUT2D eigenvalue weighted by Crippen LogP contribution is 2.32. The van der Waals surface area contributed by atoms with E-state index in [9.17, 15) is 4.79 Å². The van der Waals surface area contributed by atoms with Crippen molar-refractivity contribution < 1.29 is 19.0 Å². The van der Waals surface area contributed by atoms with Gasteiger partial charge in [0.25, 0.3) is 5.91 Å².